The summed E-state index contributed by atoms with van der Waals surface area (Å²) >= 11 is 0. The molecule has 1 saturated carbocycles. The van der Waals surface area contributed by atoms with E-state index < -0.39 is 0 Å². The SMILES string of the molecule is CN(C(=O)c1cccc(CN2CCCC2=O)c1)C1CCCCC1. The predicted octanol–water partition coefficient (Wildman–Crippen LogP) is 3.21. The van der Waals surface area contributed by atoms with Gasteiger partial charge in [-0.25, -0.2) is 0 Å². The molecule has 4 heteroatoms. The lowest BCUT2D eigenvalue weighted by atomic mass is 9.94. The summed E-state index contributed by atoms with van der Waals surface area (Å²) in [5.74, 6) is 0.326. The number of benzene rings is 1. The summed E-state index contributed by atoms with van der Waals surface area (Å²) in [7, 11) is 1.93. The average molecular weight is 314 g/mol. The second-order valence-electron chi connectivity index (χ2n) is 6.83. The lowest BCUT2D eigenvalue weighted by Gasteiger charge is -2.31. The molecule has 2 amide bonds. The highest BCUT2D eigenvalue weighted by molar-refractivity contribution is 5.94. The highest BCUT2D eigenvalue weighted by Gasteiger charge is 2.24. The first kappa shape index (κ1) is 16.0. The maximum Gasteiger partial charge on any atom is 0.253 e. The molecule has 0 aromatic heterocycles. The number of hydrogen-bond donors (Lipinski definition) is 0. The van der Waals surface area contributed by atoms with Crippen LogP contribution in [0.15, 0.2) is 24.3 Å². The van der Waals surface area contributed by atoms with E-state index in [-0.39, 0.29) is 11.8 Å². The molecule has 1 aliphatic heterocycles. The van der Waals surface area contributed by atoms with E-state index in [0.717, 1.165) is 36.9 Å². The molecule has 0 unspecified atom stereocenters. The molecular weight excluding hydrogens is 288 g/mol. The summed E-state index contributed by atoms with van der Waals surface area (Å²) in [6, 6.07) is 8.14. The van der Waals surface area contributed by atoms with Gasteiger partial charge < -0.3 is 9.80 Å². The van der Waals surface area contributed by atoms with Gasteiger partial charge in [0.1, 0.15) is 0 Å². The molecule has 23 heavy (non-hydrogen) atoms. The Morgan fingerprint density at radius 1 is 1.22 bits per heavy atom. The summed E-state index contributed by atoms with van der Waals surface area (Å²) in [4.78, 5) is 28.3. The molecule has 1 aromatic rings. The Morgan fingerprint density at radius 3 is 2.70 bits per heavy atom. The molecule has 0 atom stereocenters. The van der Waals surface area contributed by atoms with E-state index in [0.29, 0.717) is 19.0 Å². The molecule has 1 heterocycles. The van der Waals surface area contributed by atoms with E-state index in [4.69, 9.17) is 0 Å². The Bertz CT molecular complexity index is 578. The van der Waals surface area contributed by atoms with Crippen molar-refractivity contribution in [2.24, 2.45) is 0 Å². The van der Waals surface area contributed by atoms with Crippen LogP contribution >= 0.6 is 0 Å². The van der Waals surface area contributed by atoms with Gasteiger partial charge in [0.25, 0.3) is 5.91 Å². The number of nitrogens with zero attached hydrogens (tertiary/aromatic N) is 2. The van der Waals surface area contributed by atoms with E-state index in [2.05, 4.69) is 0 Å². The van der Waals surface area contributed by atoms with E-state index in [1.165, 1.54) is 19.3 Å². The first-order chi connectivity index (χ1) is 11.1. The second-order valence-corrected chi connectivity index (χ2v) is 6.83. The van der Waals surface area contributed by atoms with Gasteiger partial charge in [-0.3, -0.25) is 9.59 Å². The summed E-state index contributed by atoms with van der Waals surface area (Å²) in [5, 5.41) is 0. The third kappa shape index (κ3) is 3.74. The van der Waals surface area contributed by atoms with Crippen molar-refractivity contribution in [1.82, 2.24) is 9.80 Å². The van der Waals surface area contributed by atoms with Crippen molar-refractivity contribution in [2.75, 3.05) is 13.6 Å². The van der Waals surface area contributed by atoms with E-state index in [1.807, 2.05) is 41.1 Å². The second kappa shape index (κ2) is 7.16. The van der Waals surface area contributed by atoms with Crippen molar-refractivity contribution in [1.29, 1.82) is 0 Å². The van der Waals surface area contributed by atoms with Crippen LogP contribution in [0.25, 0.3) is 0 Å². The minimum atomic E-state index is 0.103. The fraction of sp³-hybridized carbons (Fsp3) is 0.579. The summed E-state index contributed by atoms with van der Waals surface area (Å²) < 4.78 is 0. The van der Waals surface area contributed by atoms with Crippen molar-refractivity contribution in [2.45, 2.75) is 57.5 Å². The number of likely N-dealkylation sites (tertiary alicyclic amines) is 1. The molecule has 2 fully saturated rings. The largest absolute Gasteiger partial charge is 0.339 e. The molecule has 124 valence electrons. The Morgan fingerprint density at radius 2 is 2.00 bits per heavy atom. The van der Waals surface area contributed by atoms with Crippen molar-refractivity contribution in [3.63, 3.8) is 0 Å². The lowest BCUT2D eigenvalue weighted by molar-refractivity contribution is -0.128. The fourth-order valence-corrected chi connectivity index (χ4v) is 3.73. The van der Waals surface area contributed by atoms with Crippen molar-refractivity contribution in [3.8, 4) is 0 Å². The zero-order valence-corrected chi connectivity index (χ0v) is 14.0. The first-order valence-corrected chi connectivity index (χ1v) is 8.79. The van der Waals surface area contributed by atoms with Gasteiger partial charge in [-0.1, -0.05) is 31.4 Å². The van der Waals surface area contributed by atoms with Crippen molar-refractivity contribution >= 4 is 11.8 Å². The van der Waals surface area contributed by atoms with Crippen LogP contribution in [0.4, 0.5) is 0 Å². The molecule has 2 aliphatic rings. The van der Waals surface area contributed by atoms with Gasteiger partial charge in [-0.2, -0.15) is 0 Å². The van der Waals surface area contributed by atoms with Gasteiger partial charge in [0, 0.05) is 38.2 Å². The van der Waals surface area contributed by atoms with Gasteiger partial charge in [0.2, 0.25) is 5.91 Å². The summed E-state index contributed by atoms with van der Waals surface area (Å²) in [6.07, 6.45) is 7.57. The molecule has 0 bridgehead atoms. The van der Waals surface area contributed by atoms with Gasteiger partial charge in [0.15, 0.2) is 0 Å². The molecular formula is C19H26N2O2. The smallest absolute Gasteiger partial charge is 0.253 e. The maximum absolute atomic E-state index is 12.7. The Balaban J connectivity index is 1.68. The molecule has 0 N–H and O–H groups in total. The molecule has 4 nitrogen and oxygen atoms in total. The van der Waals surface area contributed by atoms with Gasteiger partial charge in [-0.15, -0.1) is 0 Å². The number of amides is 2. The Hall–Kier alpha value is -1.84. The predicted molar refractivity (Wildman–Crippen MR) is 90.1 cm³/mol. The van der Waals surface area contributed by atoms with Crippen LogP contribution in [-0.4, -0.2) is 41.2 Å². The summed E-state index contributed by atoms with van der Waals surface area (Å²) in [5.41, 5.74) is 1.78. The molecule has 0 radical (unpaired) electrons. The normalized spacial score (nSPS) is 19.2. The third-order valence-corrected chi connectivity index (χ3v) is 5.16. The third-order valence-electron chi connectivity index (χ3n) is 5.16. The Labute approximate surface area is 138 Å². The molecule has 1 aromatic carbocycles. The van der Waals surface area contributed by atoms with Gasteiger partial charge in [0.05, 0.1) is 0 Å². The topological polar surface area (TPSA) is 40.6 Å². The average Bonchev–Trinajstić information content (AvgIpc) is 2.99. The number of hydrogen-bond acceptors (Lipinski definition) is 2. The van der Waals surface area contributed by atoms with Crippen molar-refractivity contribution < 1.29 is 9.59 Å². The van der Waals surface area contributed by atoms with Gasteiger partial charge in [-0.05, 0) is 37.0 Å². The van der Waals surface area contributed by atoms with E-state index >= 15 is 0 Å². The molecule has 3 rings (SSSR count). The van der Waals surface area contributed by atoms with Crippen LogP contribution in [0.3, 0.4) is 0 Å². The first-order valence-electron chi connectivity index (χ1n) is 8.79. The van der Waals surface area contributed by atoms with Crippen LogP contribution in [0.1, 0.15) is 60.9 Å². The lowest BCUT2D eigenvalue weighted by Crippen LogP contribution is -2.38. The minimum absolute atomic E-state index is 0.103. The zero-order valence-electron chi connectivity index (χ0n) is 14.0. The molecule has 1 aliphatic carbocycles. The van der Waals surface area contributed by atoms with Crippen LogP contribution in [0.2, 0.25) is 0 Å². The number of carbonyl (C=O) groups excluding carboxylic acids is 2. The number of carbonyl (C=O) groups is 2. The Kier molecular flexibility index (Phi) is 4.99. The standard InChI is InChI=1S/C19H26N2O2/c1-20(17-9-3-2-4-10-17)19(23)16-8-5-7-15(13-16)14-21-12-6-11-18(21)22/h5,7-8,13,17H,2-4,6,9-12,14H2,1H3. The van der Waals surface area contributed by atoms with E-state index in [1.54, 1.807) is 0 Å². The highest BCUT2D eigenvalue weighted by Crippen LogP contribution is 2.23. The maximum atomic E-state index is 12.7. The minimum Gasteiger partial charge on any atom is -0.339 e. The highest BCUT2D eigenvalue weighted by atomic mass is 16.2. The van der Waals surface area contributed by atoms with Crippen LogP contribution in [0, 0.1) is 0 Å². The van der Waals surface area contributed by atoms with Crippen molar-refractivity contribution in [3.05, 3.63) is 35.4 Å². The molecule has 1 saturated heterocycles. The van der Waals surface area contributed by atoms with E-state index in [9.17, 15) is 9.59 Å². The van der Waals surface area contributed by atoms with Crippen LogP contribution in [-0.2, 0) is 11.3 Å². The fourth-order valence-electron chi connectivity index (χ4n) is 3.73. The quantitative estimate of drug-likeness (QED) is 0.856. The number of rotatable bonds is 4. The zero-order chi connectivity index (χ0) is 16.2. The van der Waals surface area contributed by atoms with Crippen LogP contribution in [0.5, 0.6) is 0 Å². The molecule has 0 spiro atoms. The monoisotopic (exact) mass is 314 g/mol. The van der Waals surface area contributed by atoms with Crippen LogP contribution < -0.4 is 0 Å². The summed E-state index contributed by atoms with van der Waals surface area (Å²) in [6.45, 7) is 1.45. The van der Waals surface area contributed by atoms with Gasteiger partial charge >= 0.3 is 0 Å².